The number of aliphatic hydroxyl groups is 8. The molecule has 0 aromatic carbocycles. The van der Waals surface area contributed by atoms with Crippen LogP contribution >= 0.6 is 0 Å². The van der Waals surface area contributed by atoms with Gasteiger partial charge in [-0.3, -0.25) is 4.79 Å². The lowest BCUT2D eigenvalue weighted by atomic mass is 9.97. The Hall–Kier alpha value is -3.61. The van der Waals surface area contributed by atoms with Crippen LogP contribution < -0.4 is 5.32 Å². The van der Waals surface area contributed by atoms with Crippen molar-refractivity contribution in [1.29, 1.82) is 0 Å². The van der Waals surface area contributed by atoms with Crippen LogP contribution in [0.5, 0.6) is 0 Å². The Labute approximate surface area is 533 Å². The summed E-state index contributed by atoms with van der Waals surface area (Å²) < 4.78 is 22.8. The summed E-state index contributed by atoms with van der Waals surface area (Å²) in [5.41, 5.74) is 0. The lowest BCUT2D eigenvalue weighted by Gasteiger charge is -2.46. The highest BCUT2D eigenvalue weighted by Crippen LogP contribution is 2.30. The van der Waals surface area contributed by atoms with Crippen LogP contribution in [0.2, 0.25) is 0 Å². The summed E-state index contributed by atoms with van der Waals surface area (Å²) >= 11 is 0. The van der Waals surface area contributed by atoms with Gasteiger partial charge in [0.1, 0.15) is 48.8 Å². The molecule has 2 rings (SSSR count). The highest BCUT2D eigenvalue weighted by atomic mass is 16.7. The molecule has 2 fully saturated rings. The summed E-state index contributed by atoms with van der Waals surface area (Å²) in [4.78, 5) is 13.3. The van der Waals surface area contributed by atoms with Gasteiger partial charge in [0.25, 0.3) is 0 Å². The van der Waals surface area contributed by atoms with Crippen LogP contribution in [-0.2, 0) is 23.7 Å². The van der Waals surface area contributed by atoms with Crippen molar-refractivity contribution < 1.29 is 64.6 Å². The number of rotatable bonds is 55. The molecule has 2 aliphatic heterocycles. The largest absolute Gasteiger partial charge is 0.394 e. The monoisotopic (exact) mass is 1240 g/mol. The molecule has 2 saturated heterocycles. The number of amides is 1. The van der Waals surface area contributed by atoms with Crippen molar-refractivity contribution in [3.05, 3.63) is 122 Å². The molecule has 12 unspecified atom stereocenters. The summed E-state index contributed by atoms with van der Waals surface area (Å²) in [6.07, 6.45) is 66.7. The predicted octanol–water partition coefficient (Wildman–Crippen LogP) is 14.1. The number of allylic oxidation sites excluding steroid dienone is 19. The molecule has 88 heavy (non-hydrogen) atoms. The zero-order valence-corrected chi connectivity index (χ0v) is 54.7. The average molecular weight is 1240 g/mol. The van der Waals surface area contributed by atoms with Crippen molar-refractivity contribution in [2.75, 3.05) is 19.8 Å². The second-order valence-electron chi connectivity index (χ2n) is 23.9. The third kappa shape index (κ3) is 41.0. The first-order valence-electron chi connectivity index (χ1n) is 34.8. The van der Waals surface area contributed by atoms with Crippen LogP contribution in [0.1, 0.15) is 245 Å². The molecule has 9 N–H and O–H groups in total. The zero-order chi connectivity index (χ0) is 63.8. The van der Waals surface area contributed by atoms with Gasteiger partial charge in [-0.1, -0.05) is 264 Å². The van der Waals surface area contributed by atoms with E-state index in [1.54, 1.807) is 6.08 Å². The standard InChI is InChI=1S/C74H125NO13/c1-3-5-7-9-11-13-15-17-19-21-23-25-27-29-30-31-32-34-36-38-40-42-44-46-48-50-52-54-56-58-66(79)75-62(61-85-73-71(84)69(82)72(65(60-77)87-73)88-74-70(83)68(81)67(80)64(59-76)86-74)63(78)57-55-53-51-49-47-45-43-41-39-37-35-33-28-26-24-22-20-18-16-14-12-10-8-6-4-2/h5,7,11,13,17,19,23,25,29-30,32,34,38,40,44,46-47,49,55,57,62-65,67-74,76-78,80-84H,3-4,6,8-10,12,14-16,18,20-22,24,26-28,31,33,35-37,39,41-43,45,48,50-54,56,58-61H2,1-2H3,(H,75,79)/b7-5-,13-11-,19-17-,25-23-,30-29-,34-32-,40-38-,46-44-,49-47+,57-55+. The number of ether oxygens (including phenoxy) is 4. The molecule has 0 aromatic heterocycles. The minimum atomic E-state index is -1.80. The molecule has 0 radical (unpaired) electrons. The van der Waals surface area contributed by atoms with Gasteiger partial charge in [0, 0.05) is 6.42 Å². The number of hydrogen-bond acceptors (Lipinski definition) is 13. The maximum absolute atomic E-state index is 13.3. The van der Waals surface area contributed by atoms with Gasteiger partial charge in [0.15, 0.2) is 12.6 Å². The molecular weight excluding hydrogens is 1110 g/mol. The van der Waals surface area contributed by atoms with Crippen molar-refractivity contribution in [2.45, 2.75) is 319 Å². The van der Waals surface area contributed by atoms with Gasteiger partial charge in [0.2, 0.25) is 5.91 Å². The molecule has 0 spiro atoms. The minimum absolute atomic E-state index is 0.236. The van der Waals surface area contributed by atoms with Gasteiger partial charge >= 0.3 is 0 Å². The predicted molar refractivity (Wildman–Crippen MR) is 359 cm³/mol. The quantitative estimate of drug-likeness (QED) is 0.0204. The summed E-state index contributed by atoms with van der Waals surface area (Å²) in [5.74, 6) is -0.277. The van der Waals surface area contributed by atoms with Crippen molar-refractivity contribution in [1.82, 2.24) is 5.32 Å². The molecule has 0 saturated carbocycles. The third-order valence-electron chi connectivity index (χ3n) is 16.1. The molecule has 12 atom stereocenters. The van der Waals surface area contributed by atoms with Gasteiger partial charge in [-0.2, -0.15) is 0 Å². The third-order valence-corrected chi connectivity index (χ3v) is 16.1. The minimum Gasteiger partial charge on any atom is -0.394 e. The molecule has 0 bridgehead atoms. The zero-order valence-electron chi connectivity index (χ0n) is 54.7. The van der Waals surface area contributed by atoms with Gasteiger partial charge in [0.05, 0.1) is 32.0 Å². The van der Waals surface area contributed by atoms with E-state index in [0.717, 1.165) is 89.9 Å². The Morgan fingerprint density at radius 1 is 0.420 bits per heavy atom. The van der Waals surface area contributed by atoms with Crippen LogP contribution in [-0.4, -0.2) is 140 Å². The highest BCUT2D eigenvalue weighted by Gasteiger charge is 2.51. The van der Waals surface area contributed by atoms with Crippen molar-refractivity contribution >= 4 is 5.91 Å². The van der Waals surface area contributed by atoms with E-state index in [2.05, 4.69) is 129 Å². The fourth-order valence-corrected chi connectivity index (χ4v) is 10.6. The number of nitrogens with one attached hydrogen (secondary N) is 1. The second-order valence-corrected chi connectivity index (χ2v) is 23.9. The van der Waals surface area contributed by atoms with Crippen LogP contribution in [0, 0.1) is 0 Å². The summed E-state index contributed by atoms with van der Waals surface area (Å²) in [5, 5.41) is 87.4. The second kappa shape index (κ2) is 57.3. The number of unbranched alkanes of at least 4 members (excludes halogenated alkanes) is 24. The number of hydrogen-bond donors (Lipinski definition) is 9. The SMILES string of the molecule is CC/C=C\C/C=C\C/C=C\C/C=C\C/C=C\C/C=C\C/C=C\C/C=C\CCCCCCC(=O)NC(COC1OC(CO)C(OC2OC(CO)C(O)C(O)C2O)C(O)C1O)C(O)/C=C/CC/C=C/CCCCCCCCCCCCCCCCCCCCC. The molecule has 0 aromatic rings. The van der Waals surface area contributed by atoms with E-state index in [-0.39, 0.29) is 18.9 Å². The van der Waals surface area contributed by atoms with E-state index in [9.17, 15) is 45.6 Å². The molecule has 14 nitrogen and oxygen atoms in total. The smallest absolute Gasteiger partial charge is 0.220 e. The Balaban J connectivity index is 1.74. The van der Waals surface area contributed by atoms with Crippen LogP contribution in [0.25, 0.3) is 0 Å². The van der Waals surface area contributed by atoms with E-state index < -0.39 is 86.8 Å². The first kappa shape index (κ1) is 80.5. The number of aliphatic hydroxyl groups excluding tert-OH is 8. The molecule has 0 aliphatic carbocycles. The first-order chi connectivity index (χ1) is 43.1. The average Bonchev–Trinajstić information content (AvgIpc) is 2.07. The first-order valence-corrected chi connectivity index (χ1v) is 34.8. The van der Waals surface area contributed by atoms with Crippen molar-refractivity contribution in [2.24, 2.45) is 0 Å². The Morgan fingerprint density at radius 2 is 0.795 bits per heavy atom. The molecule has 2 heterocycles. The fourth-order valence-electron chi connectivity index (χ4n) is 10.6. The van der Waals surface area contributed by atoms with Crippen LogP contribution in [0.3, 0.4) is 0 Å². The summed E-state index contributed by atoms with van der Waals surface area (Å²) in [7, 11) is 0. The Kier molecular flexibility index (Phi) is 52.4. The van der Waals surface area contributed by atoms with Gasteiger partial charge in [-0.25, -0.2) is 0 Å². The summed E-state index contributed by atoms with van der Waals surface area (Å²) in [6, 6.07) is -0.956. The fraction of sp³-hybridized carbons (Fsp3) is 0.716. The van der Waals surface area contributed by atoms with E-state index in [0.29, 0.717) is 12.8 Å². The molecule has 2 aliphatic rings. The molecular formula is C74H125NO13. The Morgan fingerprint density at radius 3 is 1.25 bits per heavy atom. The van der Waals surface area contributed by atoms with Crippen molar-refractivity contribution in [3.8, 4) is 0 Å². The van der Waals surface area contributed by atoms with Gasteiger partial charge < -0.3 is 65.1 Å². The van der Waals surface area contributed by atoms with E-state index in [4.69, 9.17) is 18.9 Å². The van der Waals surface area contributed by atoms with Crippen molar-refractivity contribution in [3.63, 3.8) is 0 Å². The Bertz CT molecular complexity index is 1940. The lowest BCUT2D eigenvalue weighted by molar-refractivity contribution is -0.359. The van der Waals surface area contributed by atoms with E-state index in [1.165, 1.54) is 122 Å². The van der Waals surface area contributed by atoms with E-state index in [1.807, 2.05) is 6.08 Å². The maximum Gasteiger partial charge on any atom is 0.220 e. The highest BCUT2D eigenvalue weighted by molar-refractivity contribution is 5.76. The normalized spacial score (nSPS) is 23.9. The number of carbonyl (C=O) groups excluding carboxylic acids is 1. The molecule has 14 heteroatoms. The topological polar surface area (TPSA) is 228 Å². The van der Waals surface area contributed by atoms with E-state index >= 15 is 0 Å². The molecule has 1 amide bonds. The lowest BCUT2D eigenvalue weighted by Crippen LogP contribution is -2.65. The van der Waals surface area contributed by atoms with Crippen LogP contribution in [0.4, 0.5) is 0 Å². The number of carbonyl (C=O) groups is 1. The molecule has 504 valence electrons. The van der Waals surface area contributed by atoms with Gasteiger partial charge in [-0.15, -0.1) is 0 Å². The van der Waals surface area contributed by atoms with Gasteiger partial charge in [-0.05, 0) is 96.3 Å². The van der Waals surface area contributed by atoms with Crippen LogP contribution in [0.15, 0.2) is 122 Å². The summed E-state index contributed by atoms with van der Waals surface area (Å²) in [6.45, 7) is 2.66. The maximum atomic E-state index is 13.3.